The summed E-state index contributed by atoms with van der Waals surface area (Å²) in [5.41, 5.74) is 5.06. The largest absolute Gasteiger partial charge is 0.490 e. The van der Waals surface area contributed by atoms with Gasteiger partial charge in [0.15, 0.2) is 23.1 Å². The first-order valence-electron chi connectivity index (χ1n) is 15.8. The van der Waals surface area contributed by atoms with E-state index in [9.17, 15) is 18.0 Å². The van der Waals surface area contributed by atoms with Crippen molar-refractivity contribution in [3.63, 3.8) is 0 Å². The number of ether oxygens (including phenoxy) is 1. The molecule has 1 heterocycles. The number of nitrogens with zero attached hydrogens (tertiary/aromatic N) is 1. The summed E-state index contributed by atoms with van der Waals surface area (Å²) in [6.45, 7) is 19.1. The Kier molecular flexibility index (Phi) is 8.68. The summed E-state index contributed by atoms with van der Waals surface area (Å²) in [5, 5.41) is 0. The SMILES string of the molecule is C=CCc1cc(C2C3=C(CC(C)(C)CC3=O)N(CC)C3=C2C(=O)CC(C)(C)C3)cc(OCC)c1OS(=O)(=O)c1ccc(C)cc1. The van der Waals surface area contributed by atoms with Gasteiger partial charge in [-0.1, -0.05) is 57.5 Å². The topological polar surface area (TPSA) is 90.0 Å². The third-order valence-corrected chi connectivity index (χ3v) is 10.2. The molecule has 3 aliphatic rings. The number of rotatable bonds is 9. The molecule has 0 unspecified atom stereocenters. The van der Waals surface area contributed by atoms with Crippen LogP contribution in [0.5, 0.6) is 11.5 Å². The first-order chi connectivity index (χ1) is 21.1. The zero-order valence-corrected chi connectivity index (χ0v) is 28.4. The van der Waals surface area contributed by atoms with E-state index in [0.717, 1.165) is 29.8 Å². The van der Waals surface area contributed by atoms with Crippen LogP contribution in [0.2, 0.25) is 0 Å². The molecule has 0 atom stereocenters. The standard InChI is InChI=1S/C37H45NO6S/c1-9-12-24-17-25(18-31(43-11-3)35(24)44-45(41,42)26-15-13-23(4)14-16-26)32-33-27(19-36(5,6)21-29(33)39)38(10-2)28-20-37(7,8)22-30(40)34(28)32/h9,13-18,32H,1,10-12,19-22H2,2-8H3. The van der Waals surface area contributed by atoms with Crippen LogP contribution in [0.3, 0.4) is 0 Å². The second kappa shape index (κ2) is 11.9. The summed E-state index contributed by atoms with van der Waals surface area (Å²) in [5.74, 6) is -0.172. The maximum atomic E-state index is 14.1. The molecule has 0 amide bonds. The van der Waals surface area contributed by atoms with E-state index in [-0.39, 0.29) is 45.4 Å². The van der Waals surface area contributed by atoms with Gasteiger partial charge in [0, 0.05) is 53.4 Å². The molecule has 0 saturated heterocycles. The number of hydrogen-bond acceptors (Lipinski definition) is 7. The minimum atomic E-state index is -4.19. The Hall–Kier alpha value is -3.65. The lowest BCUT2D eigenvalue weighted by molar-refractivity contribution is -0.119. The van der Waals surface area contributed by atoms with Gasteiger partial charge in [0.1, 0.15) is 4.90 Å². The quantitative estimate of drug-likeness (QED) is 0.208. The normalized spacial score (nSPS) is 19.8. The van der Waals surface area contributed by atoms with E-state index in [2.05, 4.69) is 46.1 Å². The molecule has 0 radical (unpaired) electrons. The lowest BCUT2D eigenvalue weighted by atomic mass is 9.63. The molecule has 240 valence electrons. The van der Waals surface area contributed by atoms with Crippen LogP contribution in [0.15, 0.2) is 76.5 Å². The molecule has 2 aromatic rings. The van der Waals surface area contributed by atoms with Crippen molar-refractivity contribution in [1.82, 2.24) is 4.90 Å². The van der Waals surface area contributed by atoms with Crippen molar-refractivity contribution in [3.05, 3.63) is 88.3 Å². The molecule has 0 spiro atoms. The van der Waals surface area contributed by atoms with Crippen molar-refractivity contribution in [2.24, 2.45) is 10.8 Å². The molecule has 5 rings (SSSR count). The van der Waals surface area contributed by atoms with Crippen LogP contribution in [0.4, 0.5) is 0 Å². The molecule has 1 aliphatic heterocycles. The summed E-state index contributed by atoms with van der Waals surface area (Å²) in [6.07, 6.45) is 4.18. The summed E-state index contributed by atoms with van der Waals surface area (Å²) in [7, 11) is -4.19. The van der Waals surface area contributed by atoms with Gasteiger partial charge >= 0.3 is 10.1 Å². The van der Waals surface area contributed by atoms with E-state index < -0.39 is 16.0 Å². The highest BCUT2D eigenvalue weighted by atomic mass is 32.2. The maximum absolute atomic E-state index is 14.1. The summed E-state index contributed by atoms with van der Waals surface area (Å²) < 4.78 is 38.8. The van der Waals surface area contributed by atoms with Gasteiger partial charge in [0.2, 0.25) is 0 Å². The molecule has 0 bridgehead atoms. The lowest BCUT2D eigenvalue weighted by Crippen LogP contribution is -2.44. The average Bonchev–Trinajstić information content (AvgIpc) is 2.92. The van der Waals surface area contributed by atoms with Crippen molar-refractivity contribution in [1.29, 1.82) is 0 Å². The highest BCUT2D eigenvalue weighted by molar-refractivity contribution is 7.87. The second-order valence-electron chi connectivity index (χ2n) is 14.1. The van der Waals surface area contributed by atoms with Crippen LogP contribution < -0.4 is 8.92 Å². The number of aryl methyl sites for hydroxylation is 1. The molecule has 0 saturated carbocycles. The Bertz CT molecular complexity index is 1670. The van der Waals surface area contributed by atoms with E-state index in [1.165, 1.54) is 12.1 Å². The number of benzene rings is 2. The first-order valence-corrected chi connectivity index (χ1v) is 17.2. The Morgan fingerprint density at radius 3 is 1.96 bits per heavy atom. The van der Waals surface area contributed by atoms with Crippen LogP contribution in [-0.4, -0.2) is 38.0 Å². The van der Waals surface area contributed by atoms with Crippen LogP contribution in [0.1, 0.15) is 89.8 Å². The number of carbonyl (C=O) groups excluding carboxylic acids is 2. The van der Waals surface area contributed by atoms with E-state index in [1.807, 2.05) is 19.9 Å². The van der Waals surface area contributed by atoms with Crippen molar-refractivity contribution in [2.75, 3.05) is 13.2 Å². The van der Waals surface area contributed by atoms with Crippen molar-refractivity contribution in [3.8, 4) is 11.5 Å². The highest BCUT2D eigenvalue weighted by Gasteiger charge is 2.49. The van der Waals surface area contributed by atoms with Crippen LogP contribution in [0, 0.1) is 17.8 Å². The Morgan fingerprint density at radius 2 is 1.47 bits per heavy atom. The predicted molar refractivity (Wildman–Crippen MR) is 176 cm³/mol. The van der Waals surface area contributed by atoms with Gasteiger partial charge in [-0.25, -0.2) is 0 Å². The van der Waals surface area contributed by atoms with Gasteiger partial charge in [-0.15, -0.1) is 6.58 Å². The zero-order chi connectivity index (χ0) is 32.9. The number of allylic oxidation sites excluding steroid dienone is 5. The van der Waals surface area contributed by atoms with E-state index >= 15 is 0 Å². The predicted octanol–water partition coefficient (Wildman–Crippen LogP) is 7.60. The summed E-state index contributed by atoms with van der Waals surface area (Å²) in [4.78, 5) is 30.4. The molecular formula is C37H45NO6S. The molecule has 2 aliphatic carbocycles. The van der Waals surface area contributed by atoms with Gasteiger partial charge in [-0.2, -0.15) is 8.42 Å². The monoisotopic (exact) mass is 631 g/mol. The molecule has 2 aromatic carbocycles. The van der Waals surface area contributed by atoms with Gasteiger partial charge in [0.25, 0.3) is 0 Å². The fourth-order valence-corrected chi connectivity index (χ4v) is 8.11. The Balaban J connectivity index is 1.75. The minimum Gasteiger partial charge on any atom is -0.490 e. The molecule has 45 heavy (non-hydrogen) atoms. The van der Waals surface area contributed by atoms with Gasteiger partial charge in [0.05, 0.1) is 6.61 Å². The molecule has 0 aromatic heterocycles. The Labute approximate surface area is 268 Å². The van der Waals surface area contributed by atoms with Crippen molar-refractivity contribution in [2.45, 2.75) is 91.4 Å². The van der Waals surface area contributed by atoms with Crippen molar-refractivity contribution >= 4 is 21.7 Å². The van der Waals surface area contributed by atoms with Gasteiger partial charge in [-0.3, -0.25) is 9.59 Å². The molecule has 0 N–H and O–H groups in total. The fraction of sp³-hybridized carbons (Fsp3) is 0.459. The average molecular weight is 632 g/mol. The Morgan fingerprint density at radius 1 is 0.911 bits per heavy atom. The number of hydrogen-bond donors (Lipinski definition) is 0. The number of ketones is 2. The zero-order valence-electron chi connectivity index (χ0n) is 27.6. The van der Waals surface area contributed by atoms with Crippen molar-refractivity contribution < 1.29 is 26.9 Å². The van der Waals surface area contributed by atoms with Crippen LogP contribution >= 0.6 is 0 Å². The van der Waals surface area contributed by atoms with Crippen LogP contribution in [-0.2, 0) is 26.1 Å². The van der Waals surface area contributed by atoms with E-state index in [1.54, 1.807) is 24.3 Å². The lowest BCUT2D eigenvalue weighted by Gasteiger charge is -2.49. The number of Topliss-reactive ketones (excluding diaryl/α,β-unsaturated/α-hetero) is 2. The highest BCUT2D eigenvalue weighted by Crippen LogP contribution is 2.55. The van der Waals surface area contributed by atoms with E-state index in [4.69, 9.17) is 8.92 Å². The third kappa shape index (κ3) is 6.26. The van der Waals surface area contributed by atoms with Gasteiger partial charge < -0.3 is 13.8 Å². The fourth-order valence-electron chi connectivity index (χ4n) is 7.14. The summed E-state index contributed by atoms with van der Waals surface area (Å²) in [6, 6.07) is 10.1. The van der Waals surface area contributed by atoms with Crippen LogP contribution in [0.25, 0.3) is 0 Å². The molecule has 7 nitrogen and oxygen atoms in total. The minimum absolute atomic E-state index is 0.0338. The summed E-state index contributed by atoms with van der Waals surface area (Å²) >= 11 is 0. The molecule has 8 heteroatoms. The first kappa shape index (κ1) is 32.7. The molecular weight excluding hydrogens is 586 g/mol. The van der Waals surface area contributed by atoms with Gasteiger partial charge in [-0.05, 0) is 74.6 Å². The second-order valence-corrected chi connectivity index (χ2v) is 15.6. The maximum Gasteiger partial charge on any atom is 0.339 e. The third-order valence-electron chi connectivity index (χ3n) is 8.99. The smallest absolute Gasteiger partial charge is 0.339 e. The molecule has 0 fully saturated rings. The number of carbonyl (C=O) groups is 2. The van der Waals surface area contributed by atoms with E-state index in [0.29, 0.717) is 48.1 Å².